The number of benzene rings is 3. The summed E-state index contributed by atoms with van der Waals surface area (Å²) in [6.07, 6.45) is 0.399. The second kappa shape index (κ2) is 23.3. The Morgan fingerprint density at radius 1 is 0.887 bits per heavy atom. The number of halogens is 1. The largest absolute Gasteiger partial charge is 0.493 e. The molecular weight excluding hydrogens is 1000 g/mol. The Morgan fingerprint density at radius 3 is 2.17 bits per heavy atom. The van der Waals surface area contributed by atoms with E-state index in [1.165, 1.54) is 21.3 Å². The summed E-state index contributed by atoms with van der Waals surface area (Å²) in [5.74, 6) is -6.11. The van der Waals surface area contributed by atoms with E-state index in [1.807, 2.05) is 24.3 Å². The number of fused-ring (bicyclic) bond motifs is 4. The predicted molar refractivity (Wildman–Crippen MR) is 273 cm³/mol. The van der Waals surface area contributed by atoms with Gasteiger partial charge in [0.25, 0.3) is 5.91 Å². The first kappa shape index (κ1) is 54.7. The Morgan fingerprint density at radius 2 is 1.56 bits per heavy atom. The van der Waals surface area contributed by atoms with Gasteiger partial charge < -0.3 is 45.8 Å². The van der Waals surface area contributed by atoms with Crippen LogP contribution in [0.2, 0.25) is 0 Å². The molecule has 1 unspecified atom stereocenters. The Bertz CT molecular complexity index is 2930. The van der Waals surface area contributed by atoms with Crippen molar-refractivity contribution in [1.82, 2.24) is 20.5 Å². The standard InChI is InChI=1S/C47H60ClN7O13S3/c1-26(2)40(53-37(56)13-16-70(62,63)18-19-71(64,65)17-15-54-38(57)23-36(69)47(54)61)45(59)51-31(12-8-9-14-49)44(58)52-32-22-34-39(30-11-7-6-10-29(30)32)28(24-48)25-55(34)46(60)33-20-27-21-35(66-3)42(67-4)43(68-5)41(27)50-33/h6-7,10-11,20-22,26,28,31,36,40,50,69H,8-9,12-19,23-25,49H2,1-5H3,(H,51,59)(H,52,58)(H,53,56)/t28-,31+,36?,40+/m1/s1. The Hall–Kier alpha value is -5.62. The minimum Gasteiger partial charge on any atom is -0.493 e. The van der Waals surface area contributed by atoms with Crippen molar-refractivity contribution in [2.45, 2.75) is 69.2 Å². The van der Waals surface area contributed by atoms with Gasteiger partial charge in [0.05, 0.1) is 66.5 Å². The molecule has 71 heavy (non-hydrogen) atoms. The Balaban J connectivity index is 1.17. The van der Waals surface area contributed by atoms with Gasteiger partial charge in [0, 0.05) is 48.5 Å². The number of hydrogen-bond donors (Lipinski definition) is 6. The van der Waals surface area contributed by atoms with Crippen molar-refractivity contribution in [3.05, 3.63) is 53.7 Å². The number of nitrogens with two attached hydrogens (primary N) is 1. The van der Waals surface area contributed by atoms with Crippen LogP contribution in [0.5, 0.6) is 17.2 Å². The van der Waals surface area contributed by atoms with Gasteiger partial charge in [-0.05, 0) is 60.9 Å². The van der Waals surface area contributed by atoms with Crippen LogP contribution in [-0.4, -0.2) is 149 Å². The van der Waals surface area contributed by atoms with E-state index in [0.29, 0.717) is 64.3 Å². The van der Waals surface area contributed by atoms with Gasteiger partial charge in [-0.15, -0.1) is 11.6 Å². The van der Waals surface area contributed by atoms with Crippen LogP contribution in [0, 0.1) is 5.92 Å². The van der Waals surface area contributed by atoms with E-state index in [0.717, 1.165) is 15.8 Å². The maximum atomic E-state index is 14.5. The number of nitrogens with one attached hydrogen (secondary N) is 4. The van der Waals surface area contributed by atoms with Crippen molar-refractivity contribution in [2.24, 2.45) is 11.7 Å². The molecule has 6 rings (SSSR count). The molecule has 4 atom stereocenters. The summed E-state index contributed by atoms with van der Waals surface area (Å²) in [7, 11) is -3.65. The molecule has 0 spiro atoms. The summed E-state index contributed by atoms with van der Waals surface area (Å²) in [5, 5.41) is 9.54. The summed E-state index contributed by atoms with van der Waals surface area (Å²) >= 11 is 10.6. The highest BCUT2D eigenvalue weighted by Gasteiger charge is 2.38. The van der Waals surface area contributed by atoms with E-state index in [2.05, 4.69) is 33.6 Å². The molecule has 1 fully saturated rings. The van der Waals surface area contributed by atoms with Gasteiger partial charge in [-0.25, -0.2) is 16.8 Å². The highest BCUT2D eigenvalue weighted by Crippen LogP contribution is 2.47. The van der Waals surface area contributed by atoms with Crippen molar-refractivity contribution in [3.8, 4) is 17.2 Å². The molecule has 4 aromatic rings. The number of rotatable bonds is 24. The van der Waals surface area contributed by atoms with Gasteiger partial charge in [0.1, 0.15) is 17.8 Å². The van der Waals surface area contributed by atoms with Crippen molar-refractivity contribution < 1.29 is 59.8 Å². The van der Waals surface area contributed by atoms with E-state index in [-0.39, 0.29) is 42.8 Å². The number of hydrogen-bond acceptors (Lipinski definition) is 15. The number of carbonyl (C=O) groups is 6. The molecule has 6 N–H and O–H groups in total. The molecule has 1 saturated heterocycles. The van der Waals surface area contributed by atoms with Gasteiger partial charge in [-0.3, -0.25) is 33.7 Å². The van der Waals surface area contributed by atoms with Crippen molar-refractivity contribution in [3.63, 3.8) is 0 Å². The van der Waals surface area contributed by atoms with E-state index < -0.39 is 108 Å². The number of likely N-dealkylation sites (tertiary alicyclic amines) is 1. The van der Waals surface area contributed by atoms with Gasteiger partial charge in [0.2, 0.25) is 35.3 Å². The van der Waals surface area contributed by atoms with E-state index in [4.69, 9.17) is 31.5 Å². The average molecular weight is 1060 g/mol. The summed E-state index contributed by atoms with van der Waals surface area (Å²) in [6, 6.07) is 10.2. The second-order valence-electron chi connectivity index (χ2n) is 17.7. The molecule has 0 radical (unpaired) electrons. The summed E-state index contributed by atoms with van der Waals surface area (Å²) in [4.78, 5) is 85.8. The topological polar surface area (TPSA) is 283 Å². The number of nitrogens with zero attached hydrogens (tertiary/aromatic N) is 2. The number of methoxy groups -OCH3 is 3. The predicted octanol–water partition coefficient (Wildman–Crippen LogP) is 3.30. The molecule has 2 aliphatic rings. The highest BCUT2D eigenvalue weighted by atomic mass is 35.5. The number of aromatic amines is 1. The van der Waals surface area contributed by atoms with Crippen LogP contribution in [0.4, 0.5) is 11.4 Å². The lowest BCUT2D eigenvalue weighted by molar-refractivity contribution is -0.138. The van der Waals surface area contributed by atoms with Crippen LogP contribution < -0.4 is 40.8 Å². The third-order valence-corrected chi connectivity index (χ3v) is 16.9. The zero-order valence-electron chi connectivity index (χ0n) is 40.0. The molecule has 0 saturated carbocycles. The number of thiol groups is 1. The number of H-pyrrole nitrogens is 1. The number of unbranched alkanes of at least 4 members (excludes halogenated alkanes) is 1. The first-order valence-corrected chi connectivity index (χ1v) is 27.7. The summed E-state index contributed by atoms with van der Waals surface area (Å²) in [6.45, 7) is 3.45. The zero-order valence-corrected chi connectivity index (χ0v) is 43.3. The lowest BCUT2D eigenvalue weighted by Gasteiger charge is -2.26. The minimum absolute atomic E-state index is 0.155. The van der Waals surface area contributed by atoms with Gasteiger partial charge >= 0.3 is 0 Å². The lowest BCUT2D eigenvalue weighted by atomic mass is 9.94. The maximum Gasteiger partial charge on any atom is 0.274 e. The number of sulfone groups is 2. The molecule has 3 aromatic carbocycles. The Kier molecular flexibility index (Phi) is 17.9. The summed E-state index contributed by atoms with van der Waals surface area (Å²) in [5.41, 5.74) is 8.24. The number of aromatic nitrogens is 1. The minimum atomic E-state index is -4.09. The fourth-order valence-electron chi connectivity index (χ4n) is 8.73. The fourth-order valence-corrected chi connectivity index (χ4v) is 12.7. The Labute approximate surface area is 422 Å². The molecule has 6 amide bonds. The first-order valence-electron chi connectivity index (χ1n) is 23.0. The highest BCUT2D eigenvalue weighted by molar-refractivity contribution is 7.95. The number of alkyl halides is 1. The van der Waals surface area contributed by atoms with Gasteiger partial charge in [-0.1, -0.05) is 38.1 Å². The first-order chi connectivity index (χ1) is 33.7. The molecular formula is C47H60ClN7O13S3. The second-order valence-corrected chi connectivity index (χ2v) is 23.3. The molecule has 0 aliphatic carbocycles. The third-order valence-electron chi connectivity index (χ3n) is 12.5. The third kappa shape index (κ3) is 12.5. The quantitative estimate of drug-likeness (QED) is 0.0254. The molecule has 0 bridgehead atoms. The molecule has 386 valence electrons. The van der Waals surface area contributed by atoms with Crippen LogP contribution in [0.15, 0.2) is 42.5 Å². The molecule has 2 aliphatic heterocycles. The molecule has 24 heteroatoms. The van der Waals surface area contributed by atoms with Gasteiger partial charge in [0.15, 0.2) is 31.2 Å². The van der Waals surface area contributed by atoms with Crippen molar-refractivity contribution in [2.75, 3.05) is 80.1 Å². The number of carbonyl (C=O) groups excluding carboxylic acids is 6. The number of ether oxygens (including phenoxy) is 3. The number of amides is 6. The fraction of sp³-hybridized carbons (Fsp3) is 0.489. The lowest BCUT2D eigenvalue weighted by Crippen LogP contribution is -2.54. The molecule has 20 nitrogen and oxygen atoms in total. The summed E-state index contributed by atoms with van der Waals surface area (Å²) < 4.78 is 67.8. The van der Waals surface area contributed by atoms with Crippen LogP contribution in [0.1, 0.15) is 67.9 Å². The van der Waals surface area contributed by atoms with Crippen LogP contribution >= 0.6 is 24.2 Å². The van der Waals surface area contributed by atoms with Crippen molar-refractivity contribution >= 4 is 112 Å². The van der Waals surface area contributed by atoms with Gasteiger partial charge in [-0.2, -0.15) is 12.6 Å². The van der Waals surface area contributed by atoms with Crippen molar-refractivity contribution in [1.29, 1.82) is 0 Å². The van der Waals surface area contributed by atoms with E-state index >= 15 is 0 Å². The average Bonchev–Trinajstić information content (AvgIpc) is 4.01. The van der Waals surface area contributed by atoms with E-state index in [1.54, 1.807) is 36.9 Å². The maximum absolute atomic E-state index is 14.5. The number of imide groups is 1. The van der Waals surface area contributed by atoms with Crippen LogP contribution in [0.3, 0.4) is 0 Å². The monoisotopic (exact) mass is 1060 g/mol. The van der Waals surface area contributed by atoms with E-state index in [9.17, 15) is 45.6 Å². The SMILES string of the molecule is COc1cc2cc(C(=O)N3C[C@@H](CCl)c4c3cc(NC(=O)[C@H](CCCCN)NC(=O)[C@@H](NC(=O)CCS(=O)(=O)CCS(=O)(=O)CCN3C(=O)CC(S)C3=O)C(C)C)c3ccccc43)[nH]c2c(OC)c1OC. The normalized spacial score (nSPS) is 16.9. The zero-order chi connectivity index (χ0) is 51.9. The van der Waals surface area contributed by atoms with Crippen LogP contribution in [-0.2, 0) is 43.6 Å². The molecule has 3 heterocycles. The smallest absolute Gasteiger partial charge is 0.274 e. The number of anilines is 2. The van der Waals surface area contributed by atoms with Crippen LogP contribution in [0.25, 0.3) is 21.7 Å². The molecule has 1 aromatic heterocycles.